The van der Waals surface area contributed by atoms with Gasteiger partial charge in [0.05, 0.1) is 0 Å². The van der Waals surface area contributed by atoms with Gasteiger partial charge in [-0.05, 0) is 11.6 Å². The lowest BCUT2D eigenvalue weighted by Crippen LogP contribution is -2.05. The highest BCUT2D eigenvalue weighted by Crippen LogP contribution is 2.18. The molecule has 0 amide bonds. The lowest BCUT2D eigenvalue weighted by atomic mass is 10.0. The van der Waals surface area contributed by atoms with Gasteiger partial charge < -0.3 is 5.32 Å². The molecule has 14 heavy (non-hydrogen) atoms. The molecule has 1 nitrogen and oxygen atoms in total. The Kier molecular flexibility index (Phi) is 3.74. The predicted molar refractivity (Wildman–Crippen MR) is 62.8 cm³/mol. The van der Waals surface area contributed by atoms with E-state index in [1.54, 1.807) is 6.08 Å². The minimum Gasteiger partial charge on any atom is -0.388 e. The Morgan fingerprint density at radius 3 is 2.21 bits per heavy atom. The van der Waals surface area contributed by atoms with Gasteiger partial charge in [0.2, 0.25) is 0 Å². The molecule has 1 N–H and O–H groups in total. The van der Waals surface area contributed by atoms with Gasteiger partial charge in [0.1, 0.15) is 0 Å². The molecule has 0 heterocycles. The van der Waals surface area contributed by atoms with E-state index in [1.165, 1.54) is 0 Å². The summed E-state index contributed by atoms with van der Waals surface area (Å²) in [6.07, 6.45) is 3.63. The van der Waals surface area contributed by atoms with E-state index in [4.69, 9.17) is 0 Å². The molecule has 1 rings (SSSR count). The van der Waals surface area contributed by atoms with Crippen molar-refractivity contribution in [3.8, 4) is 0 Å². The Labute approximate surface area is 85.5 Å². The molecule has 1 aromatic carbocycles. The highest BCUT2D eigenvalue weighted by molar-refractivity contribution is 5.77. The summed E-state index contributed by atoms with van der Waals surface area (Å²) in [5.41, 5.74) is 3.21. The van der Waals surface area contributed by atoms with Crippen LogP contribution in [0, 0.1) is 0 Å². The summed E-state index contributed by atoms with van der Waals surface area (Å²) in [5, 5.41) is 3.09. The first-order chi connectivity index (χ1) is 6.83. The largest absolute Gasteiger partial charge is 0.388 e. The lowest BCUT2D eigenvalue weighted by molar-refractivity contribution is 1.04. The van der Waals surface area contributed by atoms with Crippen molar-refractivity contribution >= 4 is 5.57 Å². The summed E-state index contributed by atoms with van der Waals surface area (Å²) in [7, 11) is 1.88. The van der Waals surface area contributed by atoms with Gasteiger partial charge >= 0.3 is 0 Å². The molecule has 0 atom stereocenters. The number of hydrogen-bond donors (Lipinski definition) is 1. The van der Waals surface area contributed by atoms with E-state index in [0.29, 0.717) is 0 Å². The van der Waals surface area contributed by atoms with Crippen LogP contribution < -0.4 is 5.32 Å². The van der Waals surface area contributed by atoms with Gasteiger partial charge in [-0.15, -0.1) is 0 Å². The molecule has 0 aliphatic carbocycles. The highest BCUT2D eigenvalue weighted by atomic mass is 14.8. The van der Waals surface area contributed by atoms with Gasteiger partial charge in [-0.1, -0.05) is 49.6 Å². The first-order valence-electron chi connectivity index (χ1n) is 4.55. The van der Waals surface area contributed by atoms with Crippen molar-refractivity contribution in [2.24, 2.45) is 0 Å². The average Bonchev–Trinajstić information content (AvgIpc) is 2.27. The number of rotatable bonds is 4. The quantitative estimate of drug-likeness (QED) is 0.711. The Morgan fingerprint density at radius 1 is 1.14 bits per heavy atom. The topological polar surface area (TPSA) is 12.0 Å². The van der Waals surface area contributed by atoms with E-state index in [1.807, 2.05) is 31.3 Å². The summed E-state index contributed by atoms with van der Waals surface area (Å²) >= 11 is 0. The fourth-order valence-corrected chi connectivity index (χ4v) is 1.35. The van der Waals surface area contributed by atoms with Crippen molar-refractivity contribution in [3.63, 3.8) is 0 Å². The number of nitrogens with one attached hydrogen (secondary N) is 1. The smallest absolute Gasteiger partial charge is 0.0411 e. The minimum atomic E-state index is 0.992. The van der Waals surface area contributed by atoms with Gasteiger partial charge in [0.15, 0.2) is 0 Å². The third kappa shape index (κ3) is 2.13. The molecule has 0 fully saturated rings. The Balaban J connectivity index is 3.22. The average molecular weight is 185 g/mol. The SMILES string of the molecule is C=C/C(NC)=C(\C=C)c1ccccc1. The standard InChI is InChI=1S/C13H15N/c1-4-12(13(5-2)14-3)11-9-7-6-8-10-11/h4-10,14H,1-2H2,3H3/b13-12-. The van der Waals surface area contributed by atoms with Crippen LogP contribution in [0.5, 0.6) is 0 Å². The second-order valence-corrected chi connectivity index (χ2v) is 2.85. The van der Waals surface area contributed by atoms with Gasteiger partial charge in [-0.2, -0.15) is 0 Å². The van der Waals surface area contributed by atoms with E-state index in [2.05, 4.69) is 30.6 Å². The van der Waals surface area contributed by atoms with Crippen LogP contribution in [0.1, 0.15) is 5.56 Å². The van der Waals surface area contributed by atoms with Gasteiger partial charge in [-0.25, -0.2) is 0 Å². The van der Waals surface area contributed by atoms with E-state index in [9.17, 15) is 0 Å². The van der Waals surface area contributed by atoms with Crippen LogP contribution in [0.25, 0.3) is 5.57 Å². The van der Waals surface area contributed by atoms with E-state index < -0.39 is 0 Å². The molecule has 0 aromatic heterocycles. The maximum atomic E-state index is 3.81. The molecular formula is C13H15N. The van der Waals surface area contributed by atoms with E-state index in [-0.39, 0.29) is 0 Å². The molecule has 0 saturated heterocycles. The molecular weight excluding hydrogens is 170 g/mol. The summed E-state index contributed by atoms with van der Waals surface area (Å²) in [5.74, 6) is 0. The van der Waals surface area contributed by atoms with Crippen LogP contribution in [-0.4, -0.2) is 7.05 Å². The van der Waals surface area contributed by atoms with Crippen LogP contribution in [0.2, 0.25) is 0 Å². The van der Waals surface area contributed by atoms with Crippen LogP contribution in [0.15, 0.2) is 61.3 Å². The van der Waals surface area contributed by atoms with Crippen LogP contribution in [0.4, 0.5) is 0 Å². The number of allylic oxidation sites excluding steroid dienone is 3. The van der Waals surface area contributed by atoms with Crippen molar-refractivity contribution in [2.45, 2.75) is 0 Å². The van der Waals surface area contributed by atoms with Crippen molar-refractivity contribution in [1.82, 2.24) is 5.32 Å². The molecule has 1 aromatic rings. The first kappa shape index (κ1) is 10.3. The van der Waals surface area contributed by atoms with E-state index >= 15 is 0 Å². The third-order valence-electron chi connectivity index (χ3n) is 2.05. The van der Waals surface area contributed by atoms with Crippen molar-refractivity contribution in [1.29, 1.82) is 0 Å². The molecule has 1 heteroatoms. The normalized spacial score (nSPS) is 11.5. The zero-order valence-corrected chi connectivity index (χ0v) is 8.46. The zero-order valence-electron chi connectivity index (χ0n) is 8.46. The highest BCUT2D eigenvalue weighted by Gasteiger charge is 2.00. The van der Waals surface area contributed by atoms with Crippen LogP contribution in [0.3, 0.4) is 0 Å². The summed E-state index contributed by atoms with van der Waals surface area (Å²) < 4.78 is 0. The number of likely N-dealkylation sites (N-methyl/N-ethyl adjacent to an activating group) is 1. The van der Waals surface area contributed by atoms with Crippen molar-refractivity contribution < 1.29 is 0 Å². The molecule has 0 radical (unpaired) electrons. The third-order valence-corrected chi connectivity index (χ3v) is 2.05. The Morgan fingerprint density at radius 2 is 1.79 bits per heavy atom. The molecule has 0 aliphatic heterocycles. The van der Waals surface area contributed by atoms with Gasteiger partial charge in [0, 0.05) is 18.3 Å². The molecule has 0 unspecified atom stereocenters. The Bertz CT molecular complexity index is 347. The van der Waals surface area contributed by atoms with Gasteiger partial charge in [0.25, 0.3) is 0 Å². The van der Waals surface area contributed by atoms with Gasteiger partial charge in [-0.3, -0.25) is 0 Å². The molecule has 0 aliphatic rings. The number of benzene rings is 1. The molecule has 0 saturated carbocycles. The monoisotopic (exact) mass is 185 g/mol. The lowest BCUT2D eigenvalue weighted by Gasteiger charge is -2.08. The van der Waals surface area contributed by atoms with Crippen molar-refractivity contribution in [3.05, 3.63) is 66.9 Å². The summed E-state index contributed by atoms with van der Waals surface area (Å²) in [6, 6.07) is 10.1. The van der Waals surface area contributed by atoms with E-state index in [0.717, 1.165) is 16.8 Å². The Hall–Kier alpha value is -1.76. The second-order valence-electron chi connectivity index (χ2n) is 2.85. The maximum absolute atomic E-state index is 3.81. The fraction of sp³-hybridized carbons (Fsp3) is 0.0769. The summed E-state index contributed by atoms with van der Waals surface area (Å²) in [6.45, 7) is 7.57. The second kappa shape index (κ2) is 5.07. The molecule has 72 valence electrons. The summed E-state index contributed by atoms with van der Waals surface area (Å²) in [4.78, 5) is 0. The molecule has 0 bridgehead atoms. The zero-order chi connectivity index (χ0) is 10.4. The van der Waals surface area contributed by atoms with Crippen LogP contribution >= 0.6 is 0 Å². The predicted octanol–water partition coefficient (Wildman–Crippen LogP) is 2.99. The molecule has 0 spiro atoms. The van der Waals surface area contributed by atoms with Crippen molar-refractivity contribution in [2.75, 3.05) is 7.05 Å². The minimum absolute atomic E-state index is 0.992. The maximum Gasteiger partial charge on any atom is 0.0411 e. The number of hydrogen-bond acceptors (Lipinski definition) is 1. The fourth-order valence-electron chi connectivity index (χ4n) is 1.35. The van der Waals surface area contributed by atoms with Crippen LogP contribution in [-0.2, 0) is 0 Å². The first-order valence-corrected chi connectivity index (χ1v) is 4.55.